The minimum Gasteiger partial charge on any atom is -0.478 e. The van der Waals surface area contributed by atoms with E-state index in [-0.39, 0.29) is 0 Å². The number of carbonyl (C=O) groups is 1. The molecular formula is C19H21NO2. The molecule has 0 amide bonds. The molecule has 1 N–H and O–H groups in total. The summed E-state index contributed by atoms with van der Waals surface area (Å²) in [5, 5.41) is 8.76. The molecule has 0 atom stereocenters. The summed E-state index contributed by atoms with van der Waals surface area (Å²) in [6.07, 6.45) is 1.91. The number of hydrogen-bond donors (Lipinski definition) is 1. The summed E-state index contributed by atoms with van der Waals surface area (Å²) in [4.78, 5) is 12.8. The number of para-hydroxylation sites is 1. The number of anilines is 1. The molecule has 2 rings (SSSR count). The summed E-state index contributed by atoms with van der Waals surface area (Å²) in [5.41, 5.74) is 5.48. The maximum Gasteiger partial charge on any atom is 0.328 e. The molecule has 0 saturated carbocycles. The number of allylic oxidation sites excluding steroid dienone is 1. The Labute approximate surface area is 131 Å². The Bertz CT molecular complexity index is 685. The van der Waals surface area contributed by atoms with Gasteiger partial charge in [0.2, 0.25) is 0 Å². The van der Waals surface area contributed by atoms with E-state index in [0.29, 0.717) is 6.42 Å². The van der Waals surface area contributed by atoms with Gasteiger partial charge in [-0.2, -0.15) is 0 Å². The molecule has 2 aromatic rings. The molecule has 0 aromatic heterocycles. The van der Waals surface area contributed by atoms with Crippen LogP contribution in [0.4, 0.5) is 5.69 Å². The van der Waals surface area contributed by atoms with Crippen LogP contribution in [0.15, 0.2) is 60.2 Å². The van der Waals surface area contributed by atoms with E-state index in [0.717, 1.165) is 16.7 Å². The van der Waals surface area contributed by atoms with Gasteiger partial charge in [0.25, 0.3) is 0 Å². The quantitative estimate of drug-likeness (QED) is 0.848. The molecule has 0 aliphatic heterocycles. The first-order chi connectivity index (χ1) is 10.5. The molecule has 0 spiro atoms. The standard InChI is InChI=1S/C19H21NO2/c1-14(13-19(21)22)12-15-8-10-16(11-9-15)17-6-4-5-7-18(17)20(2)3/h4-11,13H,12H2,1-3H3,(H,21,22)/b14-13+. The van der Waals surface area contributed by atoms with Crippen molar-refractivity contribution in [1.29, 1.82) is 0 Å². The summed E-state index contributed by atoms with van der Waals surface area (Å²) >= 11 is 0. The summed E-state index contributed by atoms with van der Waals surface area (Å²) in [5.74, 6) is -0.894. The van der Waals surface area contributed by atoms with E-state index in [1.807, 2.05) is 33.2 Å². The fourth-order valence-corrected chi connectivity index (χ4v) is 2.49. The van der Waals surface area contributed by atoms with E-state index in [1.54, 1.807) is 0 Å². The lowest BCUT2D eigenvalue weighted by Crippen LogP contribution is -2.09. The predicted octanol–water partition coefficient (Wildman–Crippen LogP) is 3.99. The largest absolute Gasteiger partial charge is 0.478 e. The van der Waals surface area contributed by atoms with E-state index < -0.39 is 5.97 Å². The van der Waals surface area contributed by atoms with Gasteiger partial charge in [0.05, 0.1) is 0 Å². The van der Waals surface area contributed by atoms with Gasteiger partial charge in [-0.3, -0.25) is 0 Å². The second-order valence-corrected chi connectivity index (χ2v) is 5.61. The van der Waals surface area contributed by atoms with Crippen molar-refractivity contribution in [3.8, 4) is 11.1 Å². The van der Waals surface area contributed by atoms with Crippen molar-refractivity contribution in [2.75, 3.05) is 19.0 Å². The van der Waals surface area contributed by atoms with Crippen molar-refractivity contribution in [1.82, 2.24) is 0 Å². The van der Waals surface area contributed by atoms with Gasteiger partial charge in [-0.15, -0.1) is 0 Å². The molecule has 3 nitrogen and oxygen atoms in total. The zero-order chi connectivity index (χ0) is 16.1. The lowest BCUT2D eigenvalue weighted by molar-refractivity contribution is -0.131. The zero-order valence-corrected chi connectivity index (χ0v) is 13.2. The van der Waals surface area contributed by atoms with Gasteiger partial charge in [0, 0.05) is 31.4 Å². The Morgan fingerprint density at radius 3 is 2.32 bits per heavy atom. The fourth-order valence-electron chi connectivity index (χ4n) is 2.49. The molecule has 0 fully saturated rings. The summed E-state index contributed by atoms with van der Waals surface area (Å²) in [7, 11) is 4.07. The van der Waals surface area contributed by atoms with Crippen LogP contribution in [0.3, 0.4) is 0 Å². The van der Waals surface area contributed by atoms with Crippen LogP contribution in [0.2, 0.25) is 0 Å². The van der Waals surface area contributed by atoms with Gasteiger partial charge >= 0.3 is 5.97 Å². The topological polar surface area (TPSA) is 40.5 Å². The highest BCUT2D eigenvalue weighted by atomic mass is 16.4. The lowest BCUT2D eigenvalue weighted by Gasteiger charge is -2.17. The highest BCUT2D eigenvalue weighted by Gasteiger charge is 2.06. The zero-order valence-electron chi connectivity index (χ0n) is 13.2. The van der Waals surface area contributed by atoms with Crippen molar-refractivity contribution in [3.63, 3.8) is 0 Å². The molecule has 114 valence electrons. The average Bonchev–Trinajstić information content (AvgIpc) is 2.47. The van der Waals surface area contributed by atoms with Crippen LogP contribution in [-0.4, -0.2) is 25.2 Å². The third kappa shape index (κ3) is 3.98. The first kappa shape index (κ1) is 15.8. The van der Waals surface area contributed by atoms with E-state index in [9.17, 15) is 4.79 Å². The third-order valence-corrected chi connectivity index (χ3v) is 3.50. The van der Waals surface area contributed by atoms with Gasteiger partial charge in [-0.05, 0) is 30.5 Å². The van der Waals surface area contributed by atoms with E-state index in [1.165, 1.54) is 17.3 Å². The first-order valence-corrected chi connectivity index (χ1v) is 7.23. The Kier molecular flexibility index (Phi) is 4.99. The highest BCUT2D eigenvalue weighted by Crippen LogP contribution is 2.29. The second kappa shape index (κ2) is 6.94. The van der Waals surface area contributed by atoms with Gasteiger partial charge in [0.1, 0.15) is 0 Å². The smallest absolute Gasteiger partial charge is 0.328 e. The normalized spacial score (nSPS) is 11.3. The maximum atomic E-state index is 10.7. The van der Waals surface area contributed by atoms with Crippen LogP contribution < -0.4 is 4.90 Å². The molecule has 0 unspecified atom stereocenters. The van der Waals surface area contributed by atoms with Gasteiger partial charge in [0.15, 0.2) is 0 Å². The SMILES string of the molecule is C/C(=C\C(=O)O)Cc1ccc(-c2ccccc2N(C)C)cc1. The molecule has 0 saturated heterocycles. The number of aliphatic carboxylic acids is 1. The van der Waals surface area contributed by atoms with Crippen molar-refractivity contribution in [3.05, 3.63) is 65.7 Å². The van der Waals surface area contributed by atoms with Crippen LogP contribution >= 0.6 is 0 Å². The predicted molar refractivity (Wildman–Crippen MR) is 91.3 cm³/mol. The minimum absolute atomic E-state index is 0.655. The molecular weight excluding hydrogens is 274 g/mol. The molecule has 0 aliphatic rings. The number of hydrogen-bond acceptors (Lipinski definition) is 2. The highest BCUT2D eigenvalue weighted by molar-refractivity contribution is 5.81. The van der Waals surface area contributed by atoms with Crippen molar-refractivity contribution in [2.24, 2.45) is 0 Å². The summed E-state index contributed by atoms with van der Waals surface area (Å²) in [6.45, 7) is 1.84. The molecule has 0 heterocycles. The van der Waals surface area contributed by atoms with Crippen LogP contribution in [0.1, 0.15) is 12.5 Å². The maximum absolute atomic E-state index is 10.7. The minimum atomic E-state index is -0.894. The van der Waals surface area contributed by atoms with E-state index in [4.69, 9.17) is 5.11 Å². The first-order valence-electron chi connectivity index (χ1n) is 7.23. The van der Waals surface area contributed by atoms with E-state index in [2.05, 4.69) is 41.3 Å². The van der Waals surface area contributed by atoms with Crippen molar-refractivity contribution in [2.45, 2.75) is 13.3 Å². The Hall–Kier alpha value is -2.55. The molecule has 0 bridgehead atoms. The van der Waals surface area contributed by atoms with Crippen molar-refractivity contribution >= 4 is 11.7 Å². The summed E-state index contributed by atoms with van der Waals surface area (Å²) < 4.78 is 0. The van der Waals surface area contributed by atoms with Gasteiger partial charge in [-0.1, -0.05) is 48.0 Å². The van der Waals surface area contributed by atoms with Crippen LogP contribution in [-0.2, 0) is 11.2 Å². The Balaban J connectivity index is 2.25. The number of rotatable bonds is 5. The van der Waals surface area contributed by atoms with Gasteiger partial charge in [-0.25, -0.2) is 4.79 Å². The van der Waals surface area contributed by atoms with Gasteiger partial charge < -0.3 is 10.0 Å². The van der Waals surface area contributed by atoms with E-state index >= 15 is 0 Å². The average molecular weight is 295 g/mol. The van der Waals surface area contributed by atoms with Crippen LogP contribution in [0.25, 0.3) is 11.1 Å². The molecule has 22 heavy (non-hydrogen) atoms. The molecule has 0 aliphatic carbocycles. The summed E-state index contributed by atoms with van der Waals surface area (Å²) in [6, 6.07) is 16.6. The van der Waals surface area contributed by atoms with Crippen molar-refractivity contribution < 1.29 is 9.90 Å². The molecule has 0 radical (unpaired) electrons. The number of benzene rings is 2. The van der Waals surface area contributed by atoms with Crippen LogP contribution in [0, 0.1) is 0 Å². The second-order valence-electron chi connectivity index (χ2n) is 5.61. The number of carboxylic acids is 1. The molecule has 2 aromatic carbocycles. The Morgan fingerprint density at radius 2 is 1.73 bits per heavy atom. The van der Waals surface area contributed by atoms with Crippen LogP contribution in [0.5, 0.6) is 0 Å². The lowest BCUT2D eigenvalue weighted by atomic mass is 9.99. The fraction of sp³-hybridized carbons (Fsp3) is 0.211. The number of carboxylic acid groups (broad SMARTS) is 1. The monoisotopic (exact) mass is 295 g/mol. The Morgan fingerprint density at radius 1 is 1.09 bits per heavy atom. The number of nitrogens with zero attached hydrogens (tertiary/aromatic N) is 1. The molecule has 3 heteroatoms. The third-order valence-electron chi connectivity index (χ3n) is 3.50.